The molecule has 0 saturated carbocycles. The van der Waals surface area contributed by atoms with Crippen LogP contribution in [0.3, 0.4) is 0 Å². The molecule has 2 N–H and O–H groups in total. The Labute approximate surface area is 168 Å². The summed E-state index contributed by atoms with van der Waals surface area (Å²) in [5.74, 6) is -0.940. The van der Waals surface area contributed by atoms with E-state index in [4.69, 9.17) is 11.6 Å². The first-order chi connectivity index (χ1) is 13.4. The van der Waals surface area contributed by atoms with Gasteiger partial charge in [0.1, 0.15) is 11.9 Å². The maximum atomic E-state index is 14.3. The predicted octanol–water partition coefficient (Wildman–Crippen LogP) is 3.05. The molecule has 2 aromatic carbocycles. The topological polar surface area (TPSA) is 61.4 Å². The van der Waals surface area contributed by atoms with E-state index >= 15 is 0 Å². The lowest BCUT2D eigenvalue weighted by atomic mass is 10.1. The molecule has 7 heteroatoms. The second-order valence-corrected chi connectivity index (χ2v) is 7.34. The highest BCUT2D eigenvalue weighted by Gasteiger charge is 2.32. The molecule has 1 aliphatic rings. The van der Waals surface area contributed by atoms with Crippen LogP contribution >= 0.6 is 11.6 Å². The van der Waals surface area contributed by atoms with E-state index in [2.05, 4.69) is 10.6 Å². The zero-order chi connectivity index (χ0) is 20.3. The molecule has 1 aliphatic heterocycles. The van der Waals surface area contributed by atoms with E-state index in [0.29, 0.717) is 23.4 Å². The van der Waals surface area contributed by atoms with Crippen molar-refractivity contribution in [2.75, 3.05) is 11.9 Å². The Hall–Kier alpha value is -2.44. The number of aryl methyl sites for hydroxylation is 1. The van der Waals surface area contributed by atoms with Crippen molar-refractivity contribution in [1.29, 1.82) is 0 Å². The molecule has 0 aromatic heterocycles. The molecule has 2 atom stereocenters. The van der Waals surface area contributed by atoms with Crippen molar-refractivity contribution < 1.29 is 14.0 Å². The van der Waals surface area contributed by atoms with Crippen LogP contribution in [0.1, 0.15) is 24.5 Å². The number of rotatable bonds is 5. The molecule has 148 valence electrons. The number of para-hydroxylation sites is 1. The van der Waals surface area contributed by atoms with E-state index in [0.717, 1.165) is 11.3 Å². The first kappa shape index (κ1) is 20.3. The second kappa shape index (κ2) is 8.71. The summed E-state index contributed by atoms with van der Waals surface area (Å²) < 4.78 is 14.3. The SMILES string of the molecule is CN[C@@H](C)C(=O)N[C@H]1CCc2ccccc2N(Cc2cc(Cl)ccc2F)C1=O. The van der Waals surface area contributed by atoms with E-state index in [9.17, 15) is 14.0 Å². The van der Waals surface area contributed by atoms with Crippen LogP contribution in [-0.2, 0) is 22.6 Å². The Balaban J connectivity index is 1.94. The lowest BCUT2D eigenvalue weighted by Crippen LogP contribution is -2.52. The first-order valence-corrected chi connectivity index (χ1v) is 9.59. The summed E-state index contributed by atoms with van der Waals surface area (Å²) in [5.41, 5.74) is 2.04. The van der Waals surface area contributed by atoms with Gasteiger partial charge in [-0.05, 0) is 56.6 Å². The minimum Gasteiger partial charge on any atom is -0.343 e. The number of halogens is 2. The zero-order valence-corrected chi connectivity index (χ0v) is 16.6. The highest BCUT2D eigenvalue weighted by molar-refractivity contribution is 6.30. The van der Waals surface area contributed by atoms with Crippen LogP contribution in [0.15, 0.2) is 42.5 Å². The van der Waals surface area contributed by atoms with Crippen molar-refractivity contribution >= 4 is 29.1 Å². The minimum atomic E-state index is -0.682. The zero-order valence-electron chi connectivity index (χ0n) is 15.8. The van der Waals surface area contributed by atoms with Crippen molar-refractivity contribution in [2.45, 2.75) is 38.4 Å². The van der Waals surface area contributed by atoms with Gasteiger partial charge in [0.15, 0.2) is 0 Å². The number of amides is 2. The summed E-state index contributed by atoms with van der Waals surface area (Å²) in [7, 11) is 1.68. The van der Waals surface area contributed by atoms with Gasteiger partial charge in [-0.25, -0.2) is 4.39 Å². The number of hydrogen-bond acceptors (Lipinski definition) is 3. The van der Waals surface area contributed by atoms with Crippen molar-refractivity contribution in [3.63, 3.8) is 0 Å². The third kappa shape index (κ3) is 4.34. The van der Waals surface area contributed by atoms with E-state index in [1.165, 1.54) is 23.1 Å². The van der Waals surface area contributed by atoms with Gasteiger partial charge in [-0.1, -0.05) is 29.8 Å². The fourth-order valence-corrected chi connectivity index (χ4v) is 3.47. The van der Waals surface area contributed by atoms with Crippen LogP contribution in [0, 0.1) is 5.82 Å². The molecule has 28 heavy (non-hydrogen) atoms. The molecule has 5 nitrogen and oxygen atoms in total. The first-order valence-electron chi connectivity index (χ1n) is 9.21. The molecule has 2 amide bonds. The van der Waals surface area contributed by atoms with Gasteiger partial charge in [0.25, 0.3) is 0 Å². The summed E-state index contributed by atoms with van der Waals surface area (Å²) >= 11 is 6.02. The summed E-state index contributed by atoms with van der Waals surface area (Å²) in [6, 6.07) is 10.7. The van der Waals surface area contributed by atoms with Crippen LogP contribution in [0.25, 0.3) is 0 Å². The number of carbonyl (C=O) groups excluding carboxylic acids is 2. The van der Waals surface area contributed by atoms with Crippen molar-refractivity contribution in [1.82, 2.24) is 10.6 Å². The standard InChI is InChI=1S/C21H23ClFN3O2/c1-13(24-2)20(27)25-18-10-7-14-5-3-4-6-19(14)26(21(18)28)12-15-11-16(22)8-9-17(15)23/h3-6,8-9,11,13,18,24H,7,10,12H2,1-2H3,(H,25,27)/t13-,18-/m0/s1. The molecule has 0 saturated heterocycles. The molecule has 0 unspecified atom stereocenters. The van der Waals surface area contributed by atoms with Gasteiger partial charge in [0.2, 0.25) is 11.8 Å². The maximum Gasteiger partial charge on any atom is 0.249 e. The monoisotopic (exact) mass is 403 g/mol. The lowest BCUT2D eigenvalue weighted by molar-refractivity contribution is -0.128. The number of likely N-dealkylation sites (N-methyl/N-ethyl adjacent to an activating group) is 1. The molecule has 1 heterocycles. The van der Waals surface area contributed by atoms with Crippen LogP contribution < -0.4 is 15.5 Å². The van der Waals surface area contributed by atoms with Crippen molar-refractivity contribution in [3.8, 4) is 0 Å². The Morgan fingerprint density at radius 2 is 2.07 bits per heavy atom. The van der Waals surface area contributed by atoms with E-state index in [-0.39, 0.29) is 18.4 Å². The number of anilines is 1. The number of hydrogen-bond donors (Lipinski definition) is 2. The van der Waals surface area contributed by atoms with Gasteiger partial charge in [-0.3, -0.25) is 9.59 Å². The van der Waals surface area contributed by atoms with Crippen LogP contribution in [-0.4, -0.2) is 30.9 Å². The molecular formula is C21H23ClFN3O2. The van der Waals surface area contributed by atoms with Gasteiger partial charge in [-0.15, -0.1) is 0 Å². The normalized spacial score (nSPS) is 17.6. The molecule has 0 spiro atoms. The lowest BCUT2D eigenvalue weighted by Gasteiger charge is -2.27. The minimum absolute atomic E-state index is 0.0379. The number of nitrogens with one attached hydrogen (secondary N) is 2. The van der Waals surface area contributed by atoms with Crippen molar-refractivity contribution in [2.24, 2.45) is 0 Å². The summed E-state index contributed by atoms with van der Waals surface area (Å²) in [6.45, 7) is 1.76. The molecule has 0 aliphatic carbocycles. The van der Waals surface area contributed by atoms with E-state index in [1.54, 1.807) is 14.0 Å². The second-order valence-electron chi connectivity index (χ2n) is 6.90. The maximum absolute atomic E-state index is 14.3. The summed E-state index contributed by atoms with van der Waals surface area (Å²) in [6.07, 6.45) is 1.11. The van der Waals surface area contributed by atoms with Gasteiger partial charge >= 0.3 is 0 Å². The fourth-order valence-electron chi connectivity index (χ4n) is 3.28. The van der Waals surface area contributed by atoms with E-state index < -0.39 is 17.9 Å². The average molecular weight is 404 g/mol. The third-order valence-electron chi connectivity index (χ3n) is 5.03. The Morgan fingerprint density at radius 3 is 2.82 bits per heavy atom. The average Bonchev–Trinajstić information content (AvgIpc) is 2.82. The number of nitrogens with zero attached hydrogens (tertiary/aromatic N) is 1. The molecule has 0 fully saturated rings. The number of fused-ring (bicyclic) bond motifs is 1. The highest BCUT2D eigenvalue weighted by Crippen LogP contribution is 2.29. The quantitative estimate of drug-likeness (QED) is 0.806. The highest BCUT2D eigenvalue weighted by atomic mass is 35.5. The van der Waals surface area contributed by atoms with Crippen LogP contribution in [0.5, 0.6) is 0 Å². The van der Waals surface area contributed by atoms with Crippen LogP contribution in [0.2, 0.25) is 5.02 Å². The molecule has 0 radical (unpaired) electrons. The van der Waals surface area contributed by atoms with Gasteiger partial charge < -0.3 is 15.5 Å². The number of carbonyl (C=O) groups is 2. The van der Waals surface area contributed by atoms with E-state index in [1.807, 2.05) is 24.3 Å². The molecule has 0 bridgehead atoms. The summed E-state index contributed by atoms with van der Waals surface area (Å²) in [4.78, 5) is 27.1. The van der Waals surface area contributed by atoms with Gasteiger partial charge in [-0.2, -0.15) is 0 Å². The molecular weight excluding hydrogens is 381 g/mol. The van der Waals surface area contributed by atoms with Gasteiger partial charge in [0, 0.05) is 16.3 Å². The Kier molecular flexibility index (Phi) is 6.31. The third-order valence-corrected chi connectivity index (χ3v) is 5.26. The van der Waals surface area contributed by atoms with Crippen molar-refractivity contribution in [3.05, 3.63) is 64.4 Å². The molecule has 2 aromatic rings. The largest absolute Gasteiger partial charge is 0.343 e. The predicted molar refractivity (Wildman–Crippen MR) is 108 cm³/mol. The fraction of sp³-hybridized carbons (Fsp3) is 0.333. The smallest absolute Gasteiger partial charge is 0.249 e. The van der Waals surface area contributed by atoms with Gasteiger partial charge in [0.05, 0.1) is 12.6 Å². The summed E-state index contributed by atoms with van der Waals surface area (Å²) in [5, 5.41) is 6.09. The number of benzene rings is 2. The molecule has 3 rings (SSSR count). The van der Waals surface area contributed by atoms with Crippen LogP contribution in [0.4, 0.5) is 10.1 Å². The Bertz CT molecular complexity index is 890. The Morgan fingerprint density at radius 1 is 1.32 bits per heavy atom.